The lowest BCUT2D eigenvalue weighted by Crippen LogP contribution is -2.06. The summed E-state index contributed by atoms with van der Waals surface area (Å²) in [4.78, 5) is 0. The topological polar surface area (TPSA) is 0 Å². The molecule has 76 valence electrons. The van der Waals surface area contributed by atoms with Crippen LogP contribution < -0.4 is 0 Å². The second-order valence-electron chi connectivity index (χ2n) is 3.87. The van der Waals surface area contributed by atoms with Gasteiger partial charge in [0.1, 0.15) is 0 Å². The summed E-state index contributed by atoms with van der Waals surface area (Å²) in [5.41, 5.74) is 2.49. The van der Waals surface area contributed by atoms with Crippen LogP contribution in [0.3, 0.4) is 0 Å². The fourth-order valence-electron chi connectivity index (χ4n) is 0.550. The molecule has 0 aromatic rings. The van der Waals surface area contributed by atoms with Gasteiger partial charge in [-0.1, -0.05) is 65.5 Å². The summed E-state index contributed by atoms with van der Waals surface area (Å²) < 4.78 is 0. The number of rotatable bonds is 2. The average molecular weight is 180 g/mol. The third-order valence-corrected chi connectivity index (χ3v) is 1.69. The fourth-order valence-corrected chi connectivity index (χ4v) is 0.550. The van der Waals surface area contributed by atoms with Gasteiger partial charge in [0, 0.05) is 0 Å². The third-order valence-electron chi connectivity index (χ3n) is 1.69. The number of allylic oxidation sites excluding steroid dienone is 4. The van der Waals surface area contributed by atoms with Crippen LogP contribution in [0, 0.1) is 5.41 Å². The van der Waals surface area contributed by atoms with Crippen molar-refractivity contribution >= 4 is 0 Å². The lowest BCUT2D eigenvalue weighted by Gasteiger charge is -2.19. The maximum Gasteiger partial charge on any atom is -0.0138 e. The molecule has 0 saturated heterocycles. The minimum atomic E-state index is 0.171. The Morgan fingerprint density at radius 3 is 1.77 bits per heavy atom. The fraction of sp³-hybridized carbons (Fsp3) is 0.538. The summed E-state index contributed by atoms with van der Waals surface area (Å²) in [6.45, 7) is 20.2. The summed E-state index contributed by atoms with van der Waals surface area (Å²) >= 11 is 0. The van der Waals surface area contributed by atoms with Crippen LogP contribution in [-0.2, 0) is 0 Å². The normalized spacial score (nSPS) is 11.4. The SMILES string of the molecule is C=C/C(C)=C\C(=C)C(C)(C)C.CC. The molecule has 0 radical (unpaired) electrons. The molecular formula is C13H24. The van der Waals surface area contributed by atoms with Crippen molar-refractivity contribution < 1.29 is 0 Å². The van der Waals surface area contributed by atoms with Gasteiger partial charge in [0.15, 0.2) is 0 Å². The van der Waals surface area contributed by atoms with Crippen molar-refractivity contribution in [2.45, 2.75) is 41.5 Å². The minimum Gasteiger partial charge on any atom is -0.0988 e. The van der Waals surface area contributed by atoms with Gasteiger partial charge >= 0.3 is 0 Å². The summed E-state index contributed by atoms with van der Waals surface area (Å²) in [6, 6.07) is 0. The summed E-state index contributed by atoms with van der Waals surface area (Å²) in [7, 11) is 0. The first-order valence-corrected chi connectivity index (χ1v) is 4.88. The quantitative estimate of drug-likeness (QED) is 0.538. The molecule has 13 heavy (non-hydrogen) atoms. The number of hydrogen-bond donors (Lipinski definition) is 0. The van der Waals surface area contributed by atoms with Gasteiger partial charge in [-0.15, -0.1) is 0 Å². The highest BCUT2D eigenvalue weighted by molar-refractivity contribution is 5.29. The lowest BCUT2D eigenvalue weighted by atomic mass is 9.86. The summed E-state index contributed by atoms with van der Waals surface area (Å²) in [5.74, 6) is 0. The maximum atomic E-state index is 3.99. The van der Waals surface area contributed by atoms with Gasteiger partial charge in [-0.3, -0.25) is 0 Å². The highest BCUT2D eigenvalue weighted by Gasteiger charge is 2.11. The zero-order valence-corrected chi connectivity index (χ0v) is 10.1. The molecule has 0 nitrogen and oxygen atoms in total. The van der Waals surface area contributed by atoms with E-state index in [1.54, 1.807) is 0 Å². The summed E-state index contributed by atoms with van der Waals surface area (Å²) in [6.07, 6.45) is 3.92. The van der Waals surface area contributed by atoms with Crippen molar-refractivity contribution in [3.63, 3.8) is 0 Å². The van der Waals surface area contributed by atoms with Crippen molar-refractivity contribution in [1.82, 2.24) is 0 Å². The Labute approximate surface area is 84.1 Å². The lowest BCUT2D eigenvalue weighted by molar-refractivity contribution is 0.518. The molecule has 0 saturated carbocycles. The van der Waals surface area contributed by atoms with Crippen molar-refractivity contribution in [3.05, 3.63) is 36.5 Å². The molecule has 0 heterocycles. The molecule has 0 aliphatic rings. The molecule has 0 amide bonds. The Morgan fingerprint density at radius 2 is 1.54 bits per heavy atom. The van der Waals surface area contributed by atoms with Crippen LogP contribution in [0.1, 0.15) is 41.5 Å². The predicted molar refractivity (Wildman–Crippen MR) is 63.9 cm³/mol. The van der Waals surface area contributed by atoms with Gasteiger partial charge in [0.25, 0.3) is 0 Å². The molecule has 0 atom stereocenters. The Bertz CT molecular complexity index is 187. The smallest absolute Gasteiger partial charge is 0.0138 e. The van der Waals surface area contributed by atoms with Crippen molar-refractivity contribution in [1.29, 1.82) is 0 Å². The molecule has 0 aromatic heterocycles. The third kappa shape index (κ3) is 7.58. The molecule has 0 unspecified atom stereocenters. The van der Waals surface area contributed by atoms with Gasteiger partial charge in [-0.25, -0.2) is 0 Å². The largest absolute Gasteiger partial charge is 0.0988 e. The molecule has 0 rings (SSSR count). The Morgan fingerprint density at radius 1 is 1.15 bits per heavy atom. The molecule has 0 N–H and O–H groups in total. The molecule has 0 bridgehead atoms. The van der Waals surface area contributed by atoms with E-state index in [1.165, 1.54) is 5.57 Å². The second-order valence-corrected chi connectivity index (χ2v) is 3.87. The average Bonchev–Trinajstić information content (AvgIpc) is 2.06. The molecule has 0 aromatic carbocycles. The molecule has 0 spiro atoms. The molecule has 0 fully saturated rings. The van der Waals surface area contributed by atoms with Crippen LogP contribution in [0.15, 0.2) is 36.5 Å². The van der Waals surface area contributed by atoms with Crippen LogP contribution in [0.2, 0.25) is 0 Å². The highest BCUT2D eigenvalue weighted by Crippen LogP contribution is 2.25. The van der Waals surface area contributed by atoms with Crippen LogP contribution in [0.5, 0.6) is 0 Å². The van der Waals surface area contributed by atoms with Gasteiger partial charge in [0.2, 0.25) is 0 Å². The van der Waals surface area contributed by atoms with E-state index in [0.29, 0.717) is 0 Å². The van der Waals surface area contributed by atoms with Gasteiger partial charge < -0.3 is 0 Å². The Hall–Kier alpha value is -0.780. The molecule has 0 aliphatic carbocycles. The monoisotopic (exact) mass is 180 g/mol. The molecular weight excluding hydrogens is 156 g/mol. The first-order chi connectivity index (χ1) is 5.88. The van der Waals surface area contributed by atoms with E-state index in [0.717, 1.165) is 5.57 Å². The van der Waals surface area contributed by atoms with E-state index in [9.17, 15) is 0 Å². The van der Waals surface area contributed by atoms with Crippen LogP contribution >= 0.6 is 0 Å². The van der Waals surface area contributed by atoms with E-state index in [1.807, 2.05) is 26.8 Å². The minimum absolute atomic E-state index is 0.171. The van der Waals surface area contributed by atoms with E-state index in [-0.39, 0.29) is 5.41 Å². The zero-order valence-electron chi connectivity index (χ0n) is 10.1. The number of hydrogen-bond acceptors (Lipinski definition) is 0. The highest BCUT2D eigenvalue weighted by atomic mass is 14.2. The Balaban J connectivity index is 0. The van der Waals surface area contributed by atoms with E-state index >= 15 is 0 Å². The van der Waals surface area contributed by atoms with Gasteiger partial charge in [-0.05, 0) is 17.9 Å². The van der Waals surface area contributed by atoms with Crippen molar-refractivity contribution in [3.8, 4) is 0 Å². The molecule has 0 heteroatoms. The van der Waals surface area contributed by atoms with E-state index in [4.69, 9.17) is 0 Å². The predicted octanol–water partition coefficient (Wildman–Crippen LogP) is 4.75. The van der Waals surface area contributed by atoms with Gasteiger partial charge in [0.05, 0.1) is 0 Å². The zero-order chi connectivity index (χ0) is 11.1. The van der Waals surface area contributed by atoms with Crippen molar-refractivity contribution in [2.75, 3.05) is 0 Å². The molecule has 0 aliphatic heterocycles. The van der Waals surface area contributed by atoms with Gasteiger partial charge in [-0.2, -0.15) is 0 Å². The van der Waals surface area contributed by atoms with Crippen LogP contribution in [0.25, 0.3) is 0 Å². The Kier molecular flexibility index (Phi) is 7.60. The van der Waals surface area contributed by atoms with E-state index < -0.39 is 0 Å². The first kappa shape index (κ1) is 14.7. The van der Waals surface area contributed by atoms with E-state index in [2.05, 4.69) is 40.0 Å². The van der Waals surface area contributed by atoms with Crippen LogP contribution in [0.4, 0.5) is 0 Å². The summed E-state index contributed by atoms with van der Waals surface area (Å²) in [5, 5.41) is 0. The van der Waals surface area contributed by atoms with Crippen molar-refractivity contribution in [2.24, 2.45) is 5.41 Å². The first-order valence-electron chi connectivity index (χ1n) is 4.88. The van der Waals surface area contributed by atoms with Crippen LogP contribution in [-0.4, -0.2) is 0 Å². The maximum absolute atomic E-state index is 3.99. The second kappa shape index (κ2) is 6.71. The standard InChI is InChI=1S/C11H18.C2H6/c1-7-9(2)8-10(3)11(4,5)6;1-2/h7-8H,1,3H2,2,4-6H3;1-2H3/b9-8-;.